The maximum Gasteiger partial charge on any atom is 0.334 e. The van der Waals surface area contributed by atoms with Gasteiger partial charge in [-0.15, -0.1) is 0 Å². The third-order valence-electron chi connectivity index (χ3n) is 5.21. The summed E-state index contributed by atoms with van der Waals surface area (Å²) in [5.41, 5.74) is 1.87. The van der Waals surface area contributed by atoms with Gasteiger partial charge in [0.15, 0.2) is 11.5 Å². The van der Waals surface area contributed by atoms with E-state index in [4.69, 9.17) is 14.2 Å². The van der Waals surface area contributed by atoms with E-state index in [1.807, 2.05) is 0 Å². The summed E-state index contributed by atoms with van der Waals surface area (Å²) in [6.45, 7) is 1.67. The summed E-state index contributed by atoms with van der Waals surface area (Å²) in [6.07, 6.45) is 1.84. The number of carbonyl (C=O) groups is 2. The van der Waals surface area contributed by atoms with Crippen molar-refractivity contribution in [2.45, 2.75) is 32.1 Å². The molecule has 1 aromatic rings. The Balaban J connectivity index is 2.28. The number of carboxylic acid groups (broad SMARTS) is 1. The number of Topliss-reactive ketones (excluding diaryl/α,β-unsaturated/α-hetero) is 1. The molecule has 1 fully saturated rings. The van der Waals surface area contributed by atoms with Crippen molar-refractivity contribution in [3.8, 4) is 17.2 Å². The Kier molecular flexibility index (Phi) is 5.21. The predicted octanol–water partition coefficient (Wildman–Crippen LogP) is 2.98. The Morgan fingerprint density at radius 1 is 1.07 bits per heavy atom. The van der Waals surface area contributed by atoms with Gasteiger partial charge < -0.3 is 19.3 Å². The largest absolute Gasteiger partial charge is 0.493 e. The van der Waals surface area contributed by atoms with Gasteiger partial charge in [-0.1, -0.05) is 6.07 Å². The lowest BCUT2D eigenvalue weighted by molar-refractivity contribution is -0.133. The van der Waals surface area contributed by atoms with Crippen LogP contribution in [0.5, 0.6) is 17.2 Å². The number of hydrogen-bond acceptors (Lipinski definition) is 6. The minimum Gasteiger partial charge on any atom is -0.493 e. The van der Waals surface area contributed by atoms with Gasteiger partial charge in [0.2, 0.25) is 5.75 Å². The minimum absolute atomic E-state index is 0.00749. The monoisotopic (exact) mass is 373 g/mol. The van der Waals surface area contributed by atoms with Crippen LogP contribution in [0, 0.1) is 5.92 Å². The number of ether oxygens (including phenoxy) is 3. The lowest BCUT2D eigenvalue weighted by Gasteiger charge is -2.35. The summed E-state index contributed by atoms with van der Waals surface area (Å²) in [6, 6.07) is 3.44. The number of nitrogens with zero attached hydrogens (tertiary/aromatic N) is 1. The number of methoxy groups -OCH3 is 3. The molecule has 0 bridgehead atoms. The number of aliphatic imine (C=N–C) groups is 1. The first-order chi connectivity index (χ1) is 12.9. The smallest absolute Gasteiger partial charge is 0.334 e. The number of fused-ring (bicyclic) bond motifs is 1. The first kappa shape index (κ1) is 18.9. The number of carbonyl (C=O) groups excluding carboxylic acids is 1. The van der Waals surface area contributed by atoms with E-state index >= 15 is 0 Å². The fourth-order valence-electron chi connectivity index (χ4n) is 4.10. The molecule has 2 unspecified atom stereocenters. The zero-order valence-electron chi connectivity index (χ0n) is 15.9. The lowest BCUT2D eigenvalue weighted by Crippen LogP contribution is -2.38. The molecule has 0 amide bonds. The number of carboxylic acids is 1. The topological polar surface area (TPSA) is 94.4 Å². The predicted molar refractivity (Wildman–Crippen MR) is 99.0 cm³/mol. The molecular weight excluding hydrogens is 350 g/mol. The molecule has 2 aliphatic rings. The molecule has 1 aliphatic heterocycles. The van der Waals surface area contributed by atoms with Crippen LogP contribution in [-0.2, 0) is 9.59 Å². The summed E-state index contributed by atoms with van der Waals surface area (Å²) in [4.78, 5) is 29.3. The molecule has 1 heterocycles. The second-order valence-corrected chi connectivity index (χ2v) is 6.61. The number of ketones is 1. The molecule has 2 atom stereocenters. The Hall–Kier alpha value is -2.83. The van der Waals surface area contributed by atoms with Gasteiger partial charge >= 0.3 is 5.97 Å². The average molecular weight is 373 g/mol. The first-order valence-electron chi connectivity index (χ1n) is 8.77. The van der Waals surface area contributed by atoms with E-state index in [2.05, 4.69) is 4.99 Å². The van der Waals surface area contributed by atoms with Gasteiger partial charge in [0.25, 0.3) is 0 Å². The molecule has 1 aromatic carbocycles. The van der Waals surface area contributed by atoms with E-state index in [1.54, 1.807) is 19.1 Å². The average Bonchev–Trinajstić information content (AvgIpc) is 2.65. The minimum atomic E-state index is -1.09. The zero-order chi connectivity index (χ0) is 19.7. The van der Waals surface area contributed by atoms with Crippen LogP contribution in [0.1, 0.15) is 37.7 Å². The Morgan fingerprint density at radius 2 is 1.78 bits per heavy atom. The Morgan fingerprint density at radius 3 is 2.37 bits per heavy atom. The van der Waals surface area contributed by atoms with E-state index in [0.717, 1.165) is 12.1 Å². The fraction of sp³-hybridized carbons (Fsp3) is 0.450. The second-order valence-electron chi connectivity index (χ2n) is 6.61. The molecule has 1 aliphatic carbocycles. The van der Waals surface area contributed by atoms with E-state index < -0.39 is 17.8 Å². The van der Waals surface area contributed by atoms with Gasteiger partial charge in [0, 0.05) is 29.3 Å². The van der Waals surface area contributed by atoms with E-state index in [-0.39, 0.29) is 11.4 Å². The van der Waals surface area contributed by atoms with Crippen molar-refractivity contribution in [2.75, 3.05) is 21.3 Å². The van der Waals surface area contributed by atoms with Crippen LogP contribution in [0.2, 0.25) is 0 Å². The number of benzene rings is 1. The highest BCUT2D eigenvalue weighted by atomic mass is 16.5. The maximum absolute atomic E-state index is 12.8. The summed E-state index contributed by atoms with van der Waals surface area (Å²) in [7, 11) is 4.49. The molecule has 0 saturated heterocycles. The fourth-order valence-corrected chi connectivity index (χ4v) is 4.10. The maximum atomic E-state index is 12.8. The second kappa shape index (κ2) is 7.42. The van der Waals surface area contributed by atoms with Gasteiger partial charge in [-0.2, -0.15) is 0 Å². The quantitative estimate of drug-likeness (QED) is 0.853. The van der Waals surface area contributed by atoms with Crippen molar-refractivity contribution >= 4 is 17.5 Å². The molecular formula is C20H23NO6. The molecule has 0 spiro atoms. The van der Waals surface area contributed by atoms with Crippen LogP contribution in [0.15, 0.2) is 28.4 Å². The van der Waals surface area contributed by atoms with Crippen molar-refractivity contribution in [1.29, 1.82) is 0 Å². The summed E-state index contributed by atoms with van der Waals surface area (Å²) >= 11 is 0. The normalized spacial score (nSPS) is 22.1. The van der Waals surface area contributed by atoms with Crippen LogP contribution in [0.3, 0.4) is 0 Å². The Bertz CT molecular complexity index is 854. The van der Waals surface area contributed by atoms with Crippen molar-refractivity contribution in [1.82, 2.24) is 0 Å². The van der Waals surface area contributed by atoms with Gasteiger partial charge in [-0.3, -0.25) is 9.79 Å². The molecule has 0 radical (unpaired) electrons. The molecule has 3 rings (SSSR count). The molecule has 7 heteroatoms. The summed E-state index contributed by atoms with van der Waals surface area (Å²) in [5.74, 6) is -1.16. The van der Waals surface area contributed by atoms with Crippen molar-refractivity contribution in [3.63, 3.8) is 0 Å². The van der Waals surface area contributed by atoms with Crippen molar-refractivity contribution in [2.24, 2.45) is 10.9 Å². The number of allylic oxidation sites excluding steroid dienone is 1. The third-order valence-corrected chi connectivity index (χ3v) is 5.21. The first-order valence-corrected chi connectivity index (χ1v) is 8.77. The van der Waals surface area contributed by atoms with Crippen LogP contribution < -0.4 is 14.2 Å². The van der Waals surface area contributed by atoms with Gasteiger partial charge in [0.05, 0.1) is 32.8 Å². The molecule has 27 heavy (non-hydrogen) atoms. The van der Waals surface area contributed by atoms with Crippen molar-refractivity contribution < 1.29 is 28.9 Å². The van der Waals surface area contributed by atoms with Crippen LogP contribution >= 0.6 is 0 Å². The molecule has 0 aromatic heterocycles. The van der Waals surface area contributed by atoms with Gasteiger partial charge in [-0.25, -0.2) is 4.79 Å². The van der Waals surface area contributed by atoms with Crippen LogP contribution in [0.4, 0.5) is 0 Å². The van der Waals surface area contributed by atoms with Crippen molar-refractivity contribution in [3.05, 3.63) is 29.0 Å². The number of aliphatic carboxylic acids is 1. The number of hydrogen-bond donors (Lipinski definition) is 1. The number of rotatable bonds is 5. The zero-order valence-corrected chi connectivity index (χ0v) is 15.9. The van der Waals surface area contributed by atoms with Crippen LogP contribution in [0.25, 0.3) is 0 Å². The summed E-state index contributed by atoms with van der Waals surface area (Å²) < 4.78 is 16.3. The van der Waals surface area contributed by atoms with E-state index in [1.165, 1.54) is 21.3 Å². The highest BCUT2D eigenvalue weighted by Crippen LogP contribution is 2.50. The van der Waals surface area contributed by atoms with Gasteiger partial charge in [-0.05, 0) is 25.8 Å². The standard InChI is InChI=1S/C20H23NO6/c1-10-15(20(23)24)16(17-12(21-10)6-5-7-13(17)22)11-8-9-14(25-2)19(27-4)18(11)26-3/h8-9,16-17H,5-7H2,1-4H3,(H,23,24). The van der Waals surface area contributed by atoms with Crippen LogP contribution in [-0.4, -0.2) is 43.9 Å². The highest BCUT2D eigenvalue weighted by molar-refractivity contribution is 6.11. The van der Waals surface area contributed by atoms with E-state index in [9.17, 15) is 14.7 Å². The third kappa shape index (κ3) is 3.07. The lowest BCUT2D eigenvalue weighted by atomic mass is 9.69. The summed E-state index contributed by atoms with van der Waals surface area (Å²) in [5, 5.41) is 9.87. The highest BCUT2D eigenvalue weighted by Gasteiger charge is 2.45. The van der Waals surface area contributed by atoms with E-state index in [0.29, 0.717) is 41.4 Å². The molecule has 7 nitrogen and oxygen atoms in total. The Labute approximate surface area is 157 Å². The molecule has 1 N–H and O–H groups in total. The SMILES string of the molecule is COc1ccc(C2C(C(=O)O)=C(C)N=C3CCCC(=O)C32)c(OC)c1OC. The molecule has 144 valence electrons. The van der Waals surface area contributed by atoms with Gasteiger partial charge in [0.1, 0.15) is 5.78 Å². The molecule has 1 saturated carbocycles.